The Morgan fingerprint density at radius 1 is 1.23 bits per heavy atom. The van der Waals surface area contributed by atoms with Gasteiger partial charge in [0.25, 0.3) is 0 Å². The van der Waals surface area contributed by atoms with Crippen LogP contribution in [-0.4, -0.2) is 19.0 Å². The summed E-state index contributed by atoms with van der Waals surface area (Å²) >= 11 is 1.76. The Hall–Kier alpha value is -1.49. The Morgan fingerprint density at radius 2 is 2.00 bits per heavy atom. The summed E-state index contributed by atoms with van der Waals surface area (Å²) in [5.74, 6) is 2.19. The maximum absolute atomic E-state index is 6.32. The van der Waals surface area contributed by atoms with Gasteiger partial charge in [-0.2, -0.15) is 0 Å². The van der Waals surface area contributed by atoms with Crippen molar-refractivity contribution in [1.29, 1.82) is 0 Å². The van der Waals surface area contributed by atoms with E-state index >= 15 is 0 Å². The minimum Gasteiger partial charge on any atom is -0.454 e. The third kappa shape index (κ3) is 3.38. The second-order valence-corrected chi connectivity index (χ2v) is 8.15. The molecule has 2 atom stereocenters. The summed E-state index contributed by atoms with van der Waals surface area (Å²) in [5, 5.41) is 0.993. The molecule has 1 saturated heterocycles. The number of rotatable bonds is 6. The van der Waals surface area contributed by atoms with Gasteiger partial charge < -0.3 is 13.9 Å². The average Bonchev–Trinajstić information content (AvgIpc) is 3.36. The van der Waals surface area contributed by atoms with E-state index in [2.05, 4.69) is 43.8 Å². The van der Waals surface area contributed by atoms with Crippen LogP contribution in [0.1, 0.15) is 42.1 Å². The highest BCUT2D eigenvalue weighted by Crippen LogP contribution is 2.53. The largest absolute Gasteiger partial charge is 0.454 e. The Balaban J connectivity index is 1.52. The summed E-state index contributed by atoms with van der Waals surface area (Å²) in [6.07, 6.45) is 4.84. The molecule has 138 valence electrons. The van der Waals surface area contributed by atoms with Crippen LogP contribution in [0.5, 0.6) is 0 Å². The lowest BCUT2D eigenvalue weighted by molar-refractivity contribution is -0.182. The SMILES string of the molecule is C=CC[C@H]1[C@H](c2oc(SCc3ccccc3)cc2C)CCC12OCCO2. The quantitative estimate of drug-likeness (QED) is 0.483. The third-order valence-corrected chi connectivity index (χ3v) is 6.51. The molecule has 1 spiro atoms. The lowest BCUT2D eigenvalue weighted by atomic mass is 9.86. The maximum atomic E-state index is 6.32. The van der Waals surface area contributed by atoms with E-state index in [1.165, 1.54) is 11.1 Å². The van der Waals surface area contributed by atoms with Gasteiger partial charge in [0.15, 0.2) is 10.9 Å². The van der Waals surface area contributed by atoms with Crippen molar-refractivity contribution in [1.82, 2.24) is 0 Å². The minimum atomic E-state index is -0.435. The molecule has 0 bridgehead atoms. The number of ether oxygens (including phenoxy) is 2. The molecular weight excluding hydrogens is 344 g/mol. The molecule has 2 aliphatic rings. The van der Waals surface area contributed by atoms with E-state index in [4.69, 9.17) is 13.9 Å². The lowest BCUT2D eigenvalue weighted by Crippen LogP contribution is -2.36. The fourth-order valence-corrected chi connectivity index (χ4v) is 5.26. The highest BCUT2D eigenvalue weighted by Gasteiger charge is 2.53. The van der Waals surface area contributed by atoms with Gasteiger partial charge in [0.05, 0.1) is 13.2 Å². The Morgan fingerprint density at radius 3 is 2.73 bits per heavy atom. The molecule has 26 heavy (non-hydrogen) atoms. The topological polar surface area (TPSA) is 31.6 Å². The molecule has 1 aromatic heterocycles. The van der Waals surface area contributed by atoms with E-state index in [1.807, 2.05) is 12.1 Å². The number of aryl methyl sites for hydroxylation is 1. The molecule has 0 radical (unpaired) electrons. The smallest absolute Gasteiger partial charge is 0.172 e. The molecule has 0 unspecified atom stereocenters. The van der Waals surface area contributed by atoms with Gasteiger partial charge in [-0.15, -0.1) is 6.58 Å². The van der Waals surface area contributed by atoms with E-state index in [-0.39, 0.29) is 5.92 Å². The normalized spacial score (nSPS) is 24.3. The summed E-state index contributed by atoms with van der Waals surface area (Å²) in [6, 6.07) is 12.7. The first-order valence-electron chi connectivity index (χ1n) is 9.38. The Kier molecular flexibility index (Phi) is 5.25. The van der Waals surface area contributed by atoms with Crippen molar-refractivity contribution in [3.8, 4) is 0 Å². The van der Waals surface area contributed by atoms with Crippen LogP contribution in [0.4, 0.5) is 0 Å². The van der Waals surface area contributed by atoms with E-state index in [0.29, 0.717) is 19.1 Å². The number of hydrogen-bond donors (Lipinski definition) is 0. The predicted molar refractivity (Wildman–Crippen MR) is 104 cm³/mol. The maximum Gasteiger partial charge on any atom is 0.172 e. The second kappa shape index (κ2) is 7.63. The Bertz CT molecular complexity index is 746. The van der Waals surface area contributed by atoms with E-state index in [1.54, 1.807) is 11.8 Å². The van der Waals surface area contributed by atoms with Crippen LogP contribution in [0.2, 0.25) is 0 Å². The zero-order valence-corrected chi connectivity index (χ0v) is 16.1. The van der Waals surface area contributed by atoms with Gasteiger partial charge >= 0.3 is 0 Å². The van der Waals surface area contributed by atoms with Crippen molar-refractivity contribution in [2.24, 2.45) is 5.92 Å². The van der Waals surface area contributed by atoms with Gasteiger partial charge in [-0.3, -0.25) is 0 Å². The standard InChI is InChI=1S/C22H26O3S/c1-3-7-19-18(10-11-22(19)23-12-13-24-22)21-16(2)14-20(25-21)26-15-17-8-5-4-6-9-17/h3-6,8-9,14,18-19H,1,7,10-13,15H2,2H3/t18-,19+/m1/s1. The van der Waals surface area contributed by atoms with E-state index < -0.39 is 5.79 Å². The van der Waals surface area contributed by atoms with E-state index in [9.17, 15) is 0 Å². The molecule has 1 aliphatic carbocycles. The molecule has 4 rings (SSSR count). The fourth-order valence-electron chi connectivity index (χ4n) is 4.35. The molecule has 3 nitrogen and oxygen atoms in total. The van der Waals surface area contributed by atoms with Crippen molar-refractivity contribution in [3.05, 3.63) is 65.9 Å². The van der Waals surface area contributed by atoms with Gasteiger partial charge in [0.2, 0.25) is 0 Å². The summed E-state index contributed by atoms with van der Waals surface area (Å²) in [6.45, 7) is 7.48. The fraction of sp³-hybridized carbons (Fsp3) is 0.455. The van der Waals surface area contributed by atoms with Crippen LogP contribution in [-0.2, 0) is 15.2 Å². The van der Waals surface area contributed by atoms with Gasteiger partial charge in [-0.25, -0.2) is 0 Å². The number of thioether (sulfide) groups is 1. The number of furan rings is 1. The number of benzene rings is 1. The summed E-state index contributed by atoms with van der Waals surface area (Å²) < 4.78 is 18.4. The first-order chi connectivity index (χ1) is 12.7. The molecule has 2 fully saturated rings. The summed E-state index contributed by atoms with van der Waals surface area (Å²) in [4.78, 5) is 0. The average molecular weight is 371 g/mol. The van der Waals surface area contributed by atoms with Crippen molar-refractivity contribution >= 4 is 11.8 Å². The van der Waals surface area contributed by atoms with Gasteiger partial charge in [0.1, 0.15) is 5.76 Å². The van der Waals surface area contributed by atoms with Crippen LogP contribution in [0.15, 0.2) is 58.6 Å². The van der Waals surface area contributed by atoms with Crippen molar-refractivity contribution in [2.45, 2.75) is 48.7 Å². The van der Waals surface area contributed by atoms with Gasteiger partial charge in [-0.05, 0) is 37.0 Å². The van der Waals surface area contributed by atoms with Crippen LogP contribution < -0.4 is 0 Å². The van der Waals surface area contributed by atoms with Crippen molar-refractivity contribution in [3.63, 3.8) is 0 Å². The van der Waals surface area contributed by atoms with Crippen LogP contribution in [0.3, 0.4) is 0 Å². The Labute approximate surface area is 159 Å². The zero-order valence-electron chi connectivity index (χ0n) is 15.3. The van der Waals surface area contributed by atoms with Crippen LogP contribution in [0.25, 0.3) is 0 Å². The van der Waals surface area contributed by atoms with Crippen molar-refractivity contribution < 1.29 is 13.9 Å². The first-order valence-corrected chi connectivity index (χ1v) is 10.4. The molecule has 0 amide bonds. The molecular formula is C22H26O3S. The molecule has 2 aromatic rings. The lowest BCUT2D eigenvalue weighted by Gasteiger charge is -2.31. The van der Waals surface area contributed by atoms with Gasteiger partial charge in [0, 0.05) is 24.0 Å². The second-order valence-electron chi connectivity index (χ2n) is 7.17. The minimum absolute atomic E-state index is 0.277. The zero-order chi connectivity index (χ0) is 18.0. The highest BCUT2D eigenvalue weighted by atomic mass is 32.2. The van der Waals surface area contributed by atoms with E-state index in [0.717, 1.165) is 35.9 Å². The van der Waals surface area contributed by atoms with Crippen LogP contribution in [0, 0.1) is 12.8 Å². The number of hydrogen-bond acceptors (Lipinski definition) is 4. The molecule has 2 heterocycles. The van der Waals surface area contributed by atoms with Crippen molar-refractivity contribution in [2.75, 3.05) is 13.2 Å². The highest BCUT2D eigenvalue weighted by molar-refractivity contribution is 7.98. The molecule has 0 N–H and O–H groups in total. The molecule has 1 aromatic carbocycles. The third-order valence-electron chi connectivity index (χ3n) is 5.55. The predicted octanol–water partition coefficient (Wildman–Crippen LogP) is 5.69. The monoisotopic (exact) mass is 370 g/mol. The summed E-state index contributed by atoms with van der Waals surface area (Å²) in [5.41, 5.74) is 2.54. The molecule has 1 saturated carbocycles. The molecule has 4 heteroatoms. The summed E-state index contributed by atoms with van der Waals surface area (Å²) in [7, 11) is 0. The number of allylic oxidation sites excluding steroid dienone is 1. The van der Waals surface area contributed by atoms with Gasteiger partial charge in [-0.1, -0.05) is 48.2 Å². The molecule has 1 aliphatic heterocycles. The van der Waals surface area contributed by atoms with Crippen LogP contribution >= 0.6 is 11.8 Å². The first kappa shape index (κ1) is 17.9.